The third-order valence-corrected chi connectivity index (χ3v) is 2.84. The molecule has 76 valence electrons. The van der Waals surface area contributed by atoms with E-state index in [4.69, 9.17) is 11.5 Å². The molecule has 0 aromatic carbocycles. The number of nitrogens with two attached hydrogens (primary N) is 2. The van der Waals surface area contributed by atoms with Crippen molar-refractivity contribution in [1.82, 2.24) is 4.90 Å². The lowest BCUT2D eigenvalue weighted by atomic mass is 9.97. The second kappa shape index (κ2) is 4.58. The maximum atomic E-state index is 10.9. The summed E-state index contributed by atoms with van der Waals surface area (Å²) in [6.45, 7) is 4.46. The van der Waals surface area contributed by atoms with Gasteiger partial charge in [0.2, 0.25) is 5.91 Å². The molecule has 0 spiro atoms. The standard InChI is InChI=1S/C9H19N3O/c1-7(9(11)13)12-4-2-3-8(5-10)6-12/h7-8H,2-6,10H2,1H3,(H2,11,13). The third kappa shape index (κ3) is 2.67. The minimum atomic E-state index is -0.238. The number of primary amides is 1. The number of amides is 1. The zero-order chi connectivity index (χ0) is 9.84. The molecule has 1 aliphatic heterocycles. The summed E-state index contributed by atoms with van der Waals surface area (Å²) >= 11 is 0. The molecule has 2 unspecified atom stereocenters. The minimum Gasteiger partial charge on any atom is -0.368 e. The van der Waals surface area contributed by atoms with Crippen molar-refractivity contribution < 1.29 is 4.79 Å². The molecule has 1 aliphatic rings. The summed E-state index contributed by atoms with van der Waals surface area (Å²) in [5.74, 6) is 0.299. The Morgan fingerprint density at radius 3 is 2.92 bits per heavy atom. The van der Waals surface area contributed by atoms with Crippen molar-refractivity contribution in [2.45, 2.75) is 25.8 Å². The maximum absolute atomic E-state index is 10.9. The van der Waals surface area contributed by atoms with Crippen molar-refractivity contribution in [3.8, 4) is 0 Å². The van der Waals surface area contributed by atoms with Crippen LogP contribution in [0.4, 0.5) is 0 Å². The summed E-state index contributed by atoms with van der Waals surface area (Å²) in [4.78, 5) is 13.1. The Balaban J connectivity index is 2.46. The van der Waals surface area contributed by atoms with Gasteiger partial charge in [-0.15, -0.1) is 0 Å². The summed E-state index contributed by atoms with van der Waals surface area (Å²) in [7, 11) is 0. The molecule has 1 saturated heterocycles. The maximum Gasteiger partial charge on any atom is 0.234 e. The quantitative estimate of drug-likeness (QED) is 0.624. The molecule has 0 bridgehead atoms. The number of nitrogens with zero attached hydrogens (tertiary/aromatic N) is 1. The van der Waals surface area contributed by atoms with Gasteiger partial charge in [0.25, 0.3) is 0 Å². The first-order chi connectivity index (χ1) is 6.15. The minimum absolute atomic E-state index is 0.144. The summed E-state index contributed by atoms with van der Waals surface area (Å²) in [6.07, 6.45) is 2.30. The Bertz CT molecular complexity index is 184. The molecule has 1 heterocycles. The van der Waals surface area contributed by atoms with Gasteiger partial charge in [0, 0.05) is 6.54 Å². The number of hydrogen-bond donors (Lipinski definition) is 2. The van der Waals surface area contributed by atoms with E-state index in [-0.39, 0.29) is 11.9 Å². The number of likely N-dealkylation sites (tertiary alicyclic amines) is 1. The lowest BCUT2D eigenvalue weighted by Crippen LogP contribution is -2.48. The fraction of sp³-hybridized carbons (Fsp3) is 0.889. The van der Waals surface area contributed by atoms with Gasteiger partial charge in [0.05, 0.1) is 6.04 Å². The monoisotopic (exact) mass is 185 g/mol. The van der Waals surface area contributed by atoms with Gasteiger partial charge < -0.3 is 11.5 Å². The van der Waals surface area contributed by atoms with Gasteiger partial charge >= 0.3 is 0 Å². The first-order valence-corrected chi connectivity index (χ1v) is 4.88. The van der Waals surface area contributed by atoms with Crippen LogP contribution in [-0.2, 0) is 4.79 Å². The van der Waals surface area contributed by atoms with Crippen molar-refractivity contribution in [2.75, 3.05) is 19.6 Å². The Morgan fingerprint density at radius 2 is 2.38 bits per heavy atom. The molecule has 4 N–H and O–H groups in total. The van der Waals surface area contributed by atoms with Crippen molar-refractivity contribution in [2.24, 2.45) is 17.4 Å². The van der Waals surface area contributed by atoms with E-state index in [0.29, 0.717) is 12.5 Å². The summed E-state index contributed by atoms with van der Waals surface area (Å²) in [5, 5.41) is 0. The second-order valence-corrected chi connectivity index (χ2v) is 3.82. The highest BCUT2D eigenvalue weighted by Crippen LogP contribution is 2.17. The van der Waals surface area contributed by atoms with Gasteiger partial charge in [-0.25, -0.2) is 0 Å². The Morgan fingerprint density at radius 1 is 1.69 bits per heavy atom. The third-order valence-electron chi connectivity index (χ3n) is 2.84. The predicted octanol–water partition coefficient (Wildman–Crippen LogP) is -0.469. The number of carbonyl (C=O) groups is 1. The molecule has 2 atom stereocenters. The normalized spacial score (nSPS) is 27.1. The topological polar surface area (TPSA) is 72.4 Å². The van der Waals surface area contributed by atoms with Crippen LogP contribution in [0.5, 0.6) is 0 Å². The average Bonchev–Trinajstić information content (AvgIpc) is 2.16. The van der Waals surface area contributed by atoms with Crippen LogP contribution < -0.4 is 11.5 Å². The number of rotatable bonds is 3. The Hall–Kier alpha value is -0.610. The van der Waals surface area contributed by atoms with E-state index >= 15 is 0 Å². The Kier molecular flexibility index (Phi) is 3.69. The molecule has 0 aliphatic carbocycles. The first kappa shape index (κ1) is 10.5. The highest BCUT2D eigenvalue weighted by Gasteiger charge is 2.25. The van der Waals surface area contributed by atoms with E-state index in [1.54, 1.807) is 0 Å². The van der Waals surface area contributed by atoms with Gasteiger partial charge in [0.15, 0.2) is 0 Å². The van der Waals surface area contributed by atoms with Crippen molar-refractivity contribution in [1.29, 1.82) is 0 Å². The van der Waals surface area contributed by atoms with E-state index in [0.717, 1.165) is 19.5 Å². The number of carbonyl (C=O) groups excluding carboxylic acids is 1. The zero-order valence-corrected chi connectivity index (χ0v) is 8.20. The van der Waals surface area contributed by atoms with Crippen molar-refractivity contribution in [3.63, 3.8) is 0 Å². The van der Waals surface area contributed by atoms with Gasteiger partial charge in [-0.3, -0.25) is 9.69 Å². The molecule has 13 heavy (non-hydrogen) atoms. The SMILES string of the molecule is CC(C(N)=O)N1CCCC(CN)C1. The Labute approximate surface area is 79.3 Å². The van der Waals surface area contributed by atoms with E-state index in [2.05, 4.69) is 4.90 Å². The highest BCUT2D eigenvalue weighted by molar-refractivity contribution is 5.79. The smallest absolute Gasteiger partial charge is 0.234 e. The molecule has 0 saturated carbocycles. The lowest BCUT2D eigenvalue weighted by molar-refractivity contribution is -0.123. The molecule has 4 heteroatoms. The van der Waals surface area contributed by atoms with Crippen LogP contribution in [0.25, 0.3) is 0 Å². The molecular weight excluding hydrogens is 166 g/mol. The highest BCUT2D eigenvalue weighted by atomic mass is 16.1. The molecule has 1 amide bonds. The van der Waals surface area contributed by atoms with E-state index < -0.39 is 0 Å². The molecule has 4 nitrogen and oxygen atoms in total. The molecule has 1 fully saturated rings. The van der Waals surface area contributed by atoms with Crippen LogP contribution in [0.1, 0.15) is 19.8 Å². The van der Waals surface area contributed by atoms with Crippen LogP contribution in [-0.4, -0.2) is 36.5 Å². The summed E-state index contributed by atoms with van der Waals surface area (Å²) in [6, 6.07) is -0.144. The number of hydrogen-bond acceptors (Lipinski definition) is 3. The molecular formula is C9H19N3O. The largest absolute Gasteiger partial charge is 0.368 e. The predicted molar refractivity (Wildman–Crippen MR) is 52.0 cm³/mol. The van der Waals surface area contributed by atoms with Crippen LogP contribution in [0, 0.1) is 5.92 Å². The second-order valence-electron chi connectivity index (χ2n) is 3.82. The molecule has 0 aromatic rings. The first-order valence-electron chi connectivity index (χ1n) is 4.88. The van der Waals surface area contributed by atoms with Crippen LogP contribution in [0.15, 0.2) is 0 Å². The fourth-order valence-electron chi connectivity index (χ4n) is 1.82. The molecule has 0 aromatic heterocycles. The lowest BCUT2D eigenvalue weighted by Gasteiger charge is -2.34. The van der Waals surface area contributed by atoms with Crippen LogP contribution in [0.2, 0.25) is 0 Å². The van der Waals surface area contributed by atoms with Gasteiger partial charge in [-0.05, 0) is 38.8 Å². The fourth-order valence-corrected chi connectivity index (χ4v) is 1.82. The van der Waals surface area contributed by atoms with Crippen molar-refractivity contribution in [3.05, 3.63) is 0 Å². The van der Waals surface area contributed by atoms with Crippen LogP contribution in [0.3, 0.4) is 0 Å². The van der Waals surface area contributed by atoms with Gasteiger partial charge in [-0.1, -0.05) is 0 Å². The van der Waals surface area contributed by atoms with E-state index in [9.17, 15) is 4.79 Å². The zero-order valence-electron chi connectivity index (χ0n) is 8.20. The van der Waals surface area contributed by atoms with Crippen LogP contribution >= 0.6 is 0 Å². The van der Waals surface area contributed by atoms with E-state index in [1.165, 1.54) is 6.42 Å². The number of piperidine rings is 1. The molecule has 0 radical (unpaired) electrons. The van der Waals surface area contributed by atoms with Gasteiger partial charge in [-0.2, -0.15) is 0 Å². The molecule has 1 rings (SSSR count). The van der Waals surface area contributed by atoms with Gasteiger partial charge in [0.1, 0.15) is 0 Å². The van der Waals surface area contributed by atoms with E-state index in [1.807, 2.05) is 6.92 Å². The summed E-state index contributed by atoms with van der Waals surface area (Å²) in [5.41, 5.74) is 10.8. The average molecular weight is 185 g/mol. The van der Waals surface area contributed by atoms with Crippen molar-refractivity contribution >= 4 is 5.91 Å². The summed E-state index contributed by atoms with van der Waals surface area (Å²) < 4.78 is 0.